The van der Waals surface area contributed by atoms with Crippen LogP contribution < -0.4 is 0 Å². The predicted molar refractivity (Wildman–Crippen MR) is 92.0 cm³/mol. The predicted octanol–water partition coefficient (Wildman–Crippen LogP) is 3.15. The Kier molecular flexibility index (Phi) is 4.26. The van der Waals surface area contributed by atoms with Crippen LogP contribution in [-0.2, 0) is 4.79 Å². The van der Waals surface area contributed by atoms with Gasteiger partial charge in [0.15, 0.2) is 0 Å². The molecule has 0 bridgehead atoms. The van der Waals surface area contributed by atoms with E-state index in [1.54, 1.807) is 4.90 Å². The van der Waals surface area contributed by atoms with Gasteiger partial charge in [0, 0.05) is 24.2 Å². The zero-order chi connectivity index (χ0) is 17.4. The third-order valence-electron chi connectivity index (χ3n) is 4.77. The van der Waals surface area contributed by atoms with Gasteiger partial charge in [0.1, 0.15) is 0 Å². The Bertz CT molecular complexity index is 800. The lowest BCUT2D eigenvalue weighted by Gasteiger charge is -2.18. The fourth-order valence-electron chi connectivity index (χ4n) is 3.29. The number of nitrogens with zero attached hydrogens (tertiary/aromatic N) is 2. The molecule has 1 fully saturated rings. The fourth-order valence-corrected chi connectivity index (χ4v) is 3.29. The van der Waals surface area contributed by atoms with Crippen molar-refractivity contribution in [3.63, 3.8) is 0 Å². The smallest absolute Gasteiger partial charge is 0.308 e. The molecular formula is C19H22N2O3. The zero-order valence-electron chi connectivity index (χ0n) is 14.2. The summed E-state index contributed by atoms with van der Waals surface area (Å²) in [6.45, 7) is 6.72. The molecule has 3 rings (SSSR count). The van der Waals surface area contributed by atoms with E-state index >= 15 is 0 Å². The minimum Gasteiger partial charge on any atom is -0.481 e. The van der Waals surface area contributed by atoms with Crippen molar-refractivity contribution in [2.24, 2.45) is 11.8 Å². The molecule has 1 aliphatic heterocycles. The number of likely N-dealkylation sites (tertiary alicyclic amines) is 1. The van der Waals surface area contributed by atoms with Crippen molar-refractivity contribution in [3.8, 4) is 0 Å². The van der Waals surface area contributed by atoms with Crippen LogP contribution in [0.4, 0.5) is 0 Å². The molecule has 1 N–H and O–H groups in total. The van der Waals surface area contributed by atoms with E-state index in [-0.39, 0.29) is 24.3 Å². The second-order valence-corrected chi connectivity index (χ2v) is 6.90. The number of rotatable bonds is 3. The third-order valence-corrected chi connectivity index (χ3v) is 4.77. The van der Waals surface area contributed by atoms with Crippen LogP contribution in [0.5, 0.6) is 0 Å². The van der Waals surface area contributed by atoms with Gasteiger partial charge in [-0.1, -0.05) is 39.0 Å². The number of carboxylic acids is 1. The molecule has 1 saturated heterocycles. The topological polar surface area (TPSA) is 70.5 Å². The molecule has 1 aromatic carbocycles. The quantitative estimate of drug-likeness (QED) is 0.940. The number of hydrogen-bond acceptors (Lipinski definition) is 3. The van der Waals surface area contributed by atoms with Crippen molar-refractivity contribution in [2.45, 2.75) is 26.7 Å². The van der Waals surface area contributed by atoms with Gasteiger partial charge in [-0.2, -0.15) is 0 Å². The number of fused-ring (bicyclic) bond motifs is 1. The molecule has 126 valence electrons. The molecule has 5 heteroatoms. The number of benzene rings is 1. The van der Waals surface area contributed by atoms with Crippen LogP contribution in [0.15, 0.2) is 30.3 Å². The molecule has 0 saturated carbocycles. The highest BCUT2D eigenvalue weighted by molar-refractivity contribution is 6.06. The van der Waals surface area contributed by atoms with Crippen molar-refractivity contribution >= 4 is 22.8 Å². The summed E-state index contributed by atoms with van der Waals surface area (Å²) in [4.78, 5) is 30.7. The van der Waals surface area contributed by atoms with Crippen LogP contribution >= 0.6 is 0 Å². The van der Waals surface area contributed by atoms with Gasteiger partial charge in [-0.05, 0) is 24.0 Å². The van der Waals surface area contributed by atoms with Gasteiger partial charge in [0.05, 0.1) is 17.0 Å². The average molecular weight is 326 g/mol. The van der Waals surface area contributed by atoms with E-state index in [1.165, 1.54) is 0 Å². The van der Waals surface area contributed by atoms with Crippen molar-refractivity contribution in [2.75, 3.05) is 13.1 Å². The first kappa shape index (κ1) is 16.4. The van der Waals surface area contributed by atoms with E-state index in [4.69, 9.17) is 0 Å². The molecule has 0 spiro atoms. The monoisotopic (exact) mass is 326 g/mol. The highest BCUT2D eigenvalue weighted by atomic mass is 16.4. The summed E-state index contributed by atoms with van der Waals surface area (Å²) in [5.41, 5.74) is 2.29. The maximum Gasteiger partial charge on any atom is 0.308 e. The molecule has 24 heavy (non-hydrogen) atoms. The Labute approximate surface area is 141 Å². The summed E-state index contributed by atoms with van der Waals surface area (Å²) in [7, 11) is 0. The summed E-state index contributed by atoms with van der Waals surface area (Å²) in [6, 6.07) is 9.46. The van der Waals surface area contributed by atoms with Gasteiger partial charge in [-0.3, -0.25) is 14.6 Å². The number of carboxylic acid groups (broad SMARTS) is 1. The summed E-state index contributed by atoms with van der Waals surface area (Å²) >= 11 is 0. The Balaban J connectivity index is 2.02. The normalized spacial score (nSPS) is 20.8. The molecule has 1 amide bonds. The van der Waals surface area contributed by atoms with Crippen molar-refractivity contribution in [1.29, 1.82) is 0 Å². The van der Waals surface area contributed by atoms with E-state index < -0.39 is 11.9 Å². The highest BCUT2D eigenvalue weighted by Gasteiger charge is 2.37. The maximum absolute atomic E-state index is 13.1. The second kappa shape index (κ2) is 6.23. The molecule has 2 aromatic rings. The molecule has 2 atom stereocenters. The lowest BCUT2D eigenvalue weighted by Crippen LogP contribution is -2.30. The van der Waals surface area contributed by atoms with Gasteiger partial charge in [0.2, 0.25) is 0 Å². The van der Waals surface area contributed by atoms with E-state index in [9.17, 15) is 14.7 Å². The first-order valence-electron chi connectivity index (χ1n) is 8.30. The summed E-state index contributed by atoms with van der Waals surface area (Å²) in [5, 5.41) is 10.1. The largest absolute Gasteiger partial charge is 0.481 e. The minimum atomic E-state index is -0.833. The van der Waals surface area contributed by atoms with Crippen LogP contribution in [-0.4, -0.2) is 40.0 Å². The van der Waals surface area contributed by atoms with Gasteiger partial charge < -0.3 is 10.0 Å². The molecule has 1 aliphatic rings. The number of pyridine rings is 1. The summed E-state index contributed by atoms with van der Waals surface area (Å²) in [6.07, 6.45) is 0. The Hall–Kier alpha value is -2.43. The van der Waals surface area contributed by atoms with E-state index in [0.29, 0.717) is 12.1 Å². The minimum absolute atomic E-state index is 0.0379. The first-order chi connectivity index (χ1) is 11.4. The number of carbonyl (C=O) groups excluding carboxylic acids is 1. The molecule has 0 unspecified atom stereocenters. The number of aliphatic carboxylic acids is 1. The molecule has 0 aliphatic carbocycles. The van der Waals surface area contributed by atoms with E-state index in [2.05, 4.69) is 4.98 Å². The molecule has 5 nitrogen and oxygen atoms in total. The Morgan fingerprint density at radius 3 is 2.58 bits per heavy atom. The highest BCUT2D eigenvalue weighted by Crippen LogP contribution is 2.28. The lowest BCUT2D eigenvalue weighted by molar-refractivity contribution is -0.142. The maximum atomic E-state index is 13.1. The van der Waals surface area contributed by atoms with Gasteiger partial charge in [0.25, 0.3) is 5.91 Å². The Morgan fingerprint density at radius 1 is 1.25 bits per heavy atom. The Morgan fingerprint density at radius 2 is 1.96 bits per heavy atom. The van der Waals surface area contributed by atoms with E-state index in [1.807, 2.05) is 51.1 Å². The molecule has 2 heterocycles. The van der Waals surface area contributed by atoms with Gasteiger partial charge in [-0.15, -0.1) is 0 Å². The second-order valence-electron chi connectivity index (χ2n) is 6.90. The summed E-state index contributed by atoms with van der Waals surface area (Å²) < 4.78 is 0. The van der Waals surface area contributed by atoms with Crippen LogP contribution in [0.3, 0.4) is 0 Å². The molecule has 0 radical (unpaired) electrons. The van der Waals surface area contributed by atoms with Crippen LogP contribution in [0.1, 0.15) is 42.7 Å². The lowest BCUT2D eigenvalue weighted by atomic mass is 9.99. The van der Waals surface area contributed by atoms with Crippen LogP contribution in [0.2, 0.25) is 0 Å². The van der Waals surface area contributed by atoms with Gasteiger partial charge in [-0.25, -0.2) is 0 Å². The number of aromatic nitrogens is 1. The van der Waals surface area contributed by atoms with Gasteiger partial charge >= 0.3 is 5.97 Å². The summed E-state index contributed by atoms with van der Waals surface area (Å²) in [5.74, 6) is -1.26. The number of hydrogen-bond donors (Lipinski definition) is 1. The third kappa shape index (κ3) is 2.86. The van der Waals surface area contributed by atoms with Crippen LogP contribution in [0, 0.1) is 11.8 Å². The molecule has 1 aromatic heterocycles. The van der Waals surface area contributed by atoms with Crippen molar-refractivity contribution < 1.29 is 14.7 Å². The molecular weight excluding hydrogens is 304 g/mol. The number of para-hydroxylation sites is 1. The number of amides is 1. The zero-order valence-corrected chi connectivity index (χ0v) is 14.2. The average Bonchev–Trinajstić information content (AvgIpc) is 2.95. The fraction of sp³-hybridized carbons (Fsp3) is 0.421. The number of carbonyl (C=O) groups is 2. The SMILES string of the molecule is CC(C)c1cc(C(=O)N2C[C@@H](C)[C@H](C(=O)O)C2)c2ccccc2n1. The first-order valence-corrected chi connectivity index (χ1v) is 8.30. The van der Waals surface area contributed by atoms with Crippen molar-refractivity contribution in [1.82, 2.24) is 9.88 Å². The van der Waals surface area contributed by atoms with Crippen molar-refractivity contribution in [3.05, 3.63) is 41.6 Å². The van der Waals surface area contributed by atoms with E-state index in [0.717, 1.165) is 16.6 Å². The van der Waals surface area contributed by atoms with Crippen LogP contribution in [0.25, 0.3) is 10.9 Å². The standard InChI is InChI=1S/C19H22N2O3/c1-11(2)17-8-14(13-6-4-5-7-16(13)20-17)18(22)21-9-12(3)15(10-21)19(23)24/h4-8,11-12,15H,9-10H2,1-3H3,(H,23,24)/t12-,15-/m1/s1.